The number of rotatable bonds is 6. The first-order chi connectivity index (χ1) is 10.2. The van der Waals surface area contributed by atoms with E-state index in [-0.39, 0.29) is 11.9 Å². The van der Waals surface area contributed by atoms with Crippen molar-refractivity contribution in [2.45, 2.75) is 25.8 Å². The molecule has 0 bridgehead atoms. The molecule has 1 aliphatic carbocycles. The molecule has 1 atom stereocenters. The van der Waals surface area contributed by atoms with Crippen LogP contribution < -0.4 is 0 Å². The van der Waals surface area contributed by atoms with Crippen LogP contribution in [0.25, 0.3) is 11.0 Å². The Hall–Kier alpha value is -1.88. The third kappa shape index (κ3) is 2.93. The number of fused-ring (bicyclic) bond motifs is 1. The number of aromatic amines is 1. The minimum atomic E-state index is 0.0722. The second-order valence-corrected chi connectivity index (χ2v) is 5.70. The van der Waals surface area contributed by atoms with Crippen molar-refractivity contribution in [1.29, 1.82) is 0 Å². The Morgan fingerprint density at radius 1 is 1.52 bits per heavy atom. The van der Waals surface area contributed by atoms with E-state index in [2.05, 4.69) is 16.9 Å². The summed E-state index contributed by atoms with van der Waals surface area (Å²) >= 11 is 0. The Balaban J connectivity index is 1.84. The molecule has 5 nitrogen and oxygen atoms in total. The molecule has 0 saturated heterocycles. The molecule has 21 heavy (non-hydrogen) atoms. The molecule has 0 aliphatic heterocycles. The first-order valence-electron chi connectivity index (χ1n) is 7.43. The third-order valence-electron chi connectivity index (χ3n) is 4.26. The van der Waals surface area contributed by atoms with Crippen LogP contribution in [0.15, 0.2) is 24.5 Å². The lowest BCUT2D eigenvalue weighted by atomic mass is 10.1. The lowest BCUT2D eigenvalue weighted by molar-refractivity contribution is 0.0595. The zero-order chi connectivity index (χ0) is 14.8. The summed E-state index contributed by atoms with van der Waals surface area (Å²) in [6.07, 6.45) is 4.09. The van der Waals surface area contributed by atoms with Crippen LogP contribution in [0.3, 0.4) is 0 Å². The van der Waals surface area contributed by atoms with Gasteiger partial charge in [0.15, 0.2) is 0 Å². The first kappa shape index (κ1) is 14.1. The number of ether oxygens (including phenoxy) is 1. The fourth-order valence-electron chi connectivity index (χ4n) is 2.75. The number of methoxy groups -OCH3 is 1. The second-order valence-electron chi connectivity index (χ2n) is 5.70. The van der Waals surface area contributed by atoms with Crippen LogP contribution in [0.4, 0.5) is 0 Å². The van der Waals surface area contributed by atoms with Crippen molar-refractivity contribution >= 4 is 16.9 Å². The molecule has 5 heteroatoms. The van der Waals surface area contributed by atoms with Gasteiger partial charge in [0.2, 0.25) is 0 Å². The van der Waals surface area contributed by atoms with Crippen LogP contribution in [-0.4, -0.2) is 47.1 Å². The molecule has 3 rings (SSSR count). The predicted octanol–water partition coefficient (Wildman–Crippen LogP) is 2.45. The van der Waals surface area contributed by atoms with Crippen molar-refractivity contribution in [1.82, 2.24) is 14.9 Å². The van der Waals surface area contributed by atoms with Crippen LogP contribution in [-0.2, 0) is 4.74 Å². The highest BCUT2D eigenvalue weighted by atomic mass is 16.5. The van der Waals surface area contributed by atoms with Crippen LogP contribution >= 0.6 is 0 Å². The highest BCUT2D eigenvalue weighted by Gasteiger charge is 2.34. The van der Waals surface area contributed by atoms with Gasteiger partial charge in [0.1, 0.15) is 0 Å². The number of nitrogens with zero attached hydrogens (tertiary/aromatic N) is 2. The lowest BCUT2D eigenvalue weighted by Crippen LogP contribution is -2.42. The van der Waals surface area contributed by atoms with Gasteiger partial charge in [0.25, 0.3) is 5.91 Å². The number of hydrogen-bond donors (Lipinski definition) is 1. The van der Waals surface area contributed by atoms with E-state index in [4.69, 9.17) is 4.74 Å². The summed E-state index contributed by atoms with van der Waals surface area (Å²) in [5.41, 5.74) is 2.48. The minimum absolute atomic E-state index is 0.0722. The maximum atomic E-state index is 12.8. The summed E-state index contributed by atoms with van der Waals surface area (Å²) in [6.45, 7) is 3.34. The summed E-state index contributed by atoms with van der Waals surface area (Å²) in [5.74, 6) is 0.713. The van der Waals surface area contributed by atoms with Crippen LogP contribution in [0, 0.1) is 5.92 Å². The Kier molecular flexibility index (Phi) is 3.92. The molecule has 1 saturated carbocycles. The maximum absolute atomic E-state index is 12.8. The van der Waals surface area contributed by atoms with Gasteiger partial charge in [-0.2, -0.15) is 0 Å². The molecule has 1 unspecified atom stereocenters. The summed E-state index contributed by atoms with van der Waals surface area (Å²) in [7, 11) is 1.67. The van der Waals surface area contributed by atoms with Crippen LogP contribution in [0.5, 0.6) is 0 Å². The van der Waals surface area contributed by atoms with Gasteiger partial charge in [0.05, 0.1) is 24.0 Å². The third-order valence-corrected chi connectivity index (χ3v) is 4.26. The number of carbonyl (C=O) groups is 1. The number of hydrogen-bond acceptors (Lipinski definition) is 3. The number of H-pyrrole nitrogens is 1. The van der Waals surface area contributed by atoms with E-state index in [1.54, 1.807) is 13.4 Å². The average Bonchev–Trinajstić information content (AvgIpc) is 3.24. The number of imidazole rings is 1. The second kappa shape index (κ2) is 5.85. The van der Waals surface area contributed by atoms with Crippen LogP contribution in [0.2, 0.25) is 0 Å². The van der Waals surface area contributed by atoms with Crippen LogP contribution in [0.1, 0.15) is 30.1 Å². The molecule has 1 heterocycles. The molecule has 1 aromatic heterocycles. The molecule has 2 aromatic rings. The fourth-order valence-corrected chi connectivity index (χ4v) is 2.75. The standard InChI is InChI=1S/C16H21N3O2/c1-11(12-3-4-12)19(7-8-21-2)16(20)13-5-6-14-15(9-13)18-10-17-14/h5-6,9-12H,3-4,7-8H2,1-2H3,(H,17,18). The molecule has 1 N–H and O–H groups in total. The van der Waals surface area contributed by atoms with Crippen molar-refractivity contribution < 1.29 is 9.53 Å². The molecule has 112 valence electrons. The van der Waals surface area contributed by atoms with E-state index in [1.165, 1.54) is 12.8 Å². The Morgan fingerprint density at radius 2 is 2.33 bits per heavy atom. The number of amides is 1. The minimum Gasteiger partial charge on any atom is -0.383 e. The van der Waals surface area contributed by atoms with Gasteiger partial charge >= 0.3 is 0 Å². The molecule has 1 fully saturated rings. The largest absolute Gasteiger partial charge is 0.383 e. The lowest BCUT2D eigenvalue weighted by Gasteiger charge is -2.29. The quantitative estimate of drug-likeness (QED) is 0.888. The number of benzene rings is 1. The van der Waals surface area contributed by atoms with Crippen molar-refractivity contribution in [3.05, 3.63) is 30.1 Å². The van der Waals surface area contributed by atoms with Gasteiger partial charge < -0.3 is 14.6 Å². The number of carbonyl (C=O) groups excluding carboxylic acids is 1. The number of aromatic nitrogens is 2. The van der Waals surface area contributed by atoms with Crippen molar-refractivity contribution in [3.63, 3.8) is 0 Å². The van der Waals surface area contributed by atoms with E-state index in [0.29, 0.717) is 24.6 Å². The summed E-state index contributed by atoms with van der Waals surface area (Å²) in [4.78, 5) is 22.0. The highest BCUT2D eigenvalue weighted by molar-refractivity contribution is 5.97. The normalized spacial score (nSPS) is 16.1. The Morgan fingerprint density at radius 3 is 3.05 bits per heavy atom. The SMILES string of the molecule is COCCN(C(=O)c1ccc2nc[nH]c2c1)C(C)C1CC1. The summed E-state index contributed by atoms with van der Waals surface area (Å²) < 4.78 is 5.16. The van der Waals surface area contributed by atoms with Crippen molar-refractivity contribution in [2.24, 2.45) is 5.92 Å². The fraction of sp³-hybridized carbons (Fsp3) is 0.500. The van der Waals surface area contributed by atoms with Gasteiger partial charge in [-0.25, -0.2) is 4.98 Å². The summed E-state index contributed by atoms with van der Waals surface area (Å²) in [5, 5.41) is 0. The van der Waals surface area contributed by atoms with E-state index in [0.717, 1.165) is 11.0 Å². The maximum Gasteiger partial charge on any atom is 0.254 e. The van der Waals surface area contributed by atoms with Gasteiger partial charge in [0, 0.05) is 25.3 Å². The molecule has 0 spiro atoms. The number of nitrogens with one attached hydrogen (secondary N) is 1. The first-order valence-corrected chi connectivity index (χ1v) is 7.43. The molecule has 1 aromatic carbocycles. The Labute approximate surface area is 124 Å². The van der Waals surface area contributed by atoms with Gasteiger partial charge in [-0.05, 0) is 43.9 Å². The summed E-state index contributed by atoms with van der Waals surface area (Å²) in [6, 6.07) is 5.88. The topological polar surface area (TPSA) is 58.2 Å². The smallest absolute Gasteiger partial charge is 0.254 e. The average molecular weight is 287 g/mol. The molecular weight excluding hydrogens is 266 g/mol. The van der Waals surface area contributed by atoms with Gasteiger partial charge in [-0.3, -0.25) is 4.79 Å². The van der Waals surface area contributed by atoms with E-state index >= 15 is 0 Å². The molecule has 1 aliphatic rings. The molecule has 0 radical (unpaired) electrons. The zero-order valence-electron chi connectivity index (χ0n) is 12.5. The van der Waals surface area contributed by atoms with E-state index in [9.17, 15) is 4.79 Å². The Bertz CT molecular complexity index is 633. The highest BCUT2D eigenvalue weighted by Crippen LogP contribution is 2.35. The zero-order valence-corrected chi connectivity index (χ0v) is 12.5. The predicted molar refractivity (Wildman–Crippen MR) is 81.2 cm³/mol. The monoisotopic (exact) mass is 287 g/mol. The van der Waals surface area contributed by atoms with Gasteiger partial charge in [-0.1, -0.05) is 0 Å². The van der Waals surface area contributed by atoms with Crippen molar-refractivity contribution in [2.75, 3.05) is 20.3 Å². The molecular formula is C16H21N3O2. The molecule has 1 amide bonds. The van der Waals surface area contributed by atoms with Gasteiger partial charge in [-0.15, -0.1) is 0 Å². The van der Waals surface area contributed by atoms with Crippen molar-refractivity contribution in [3.8, 4) is 0 Å². The van der Waals surface area contributed by atoms with E-state index < -0.39 is 0 Å². The van der Waals surface area contributed by atoms with E-state index in [1.807, 2.05) is 23.1 Å².